The van der Waals surface area contributed by atoms with Crippen LogP contribution in [0.3, 0.4) is 0 Å². The lowest BCUT2D eigenvalue weighted by Gasteiger charge is -2.17. The molecule has 0 spiro atoms. The minimum Gasteiger partial charge on any atom is -0.309 e. The fourth-order valence-electron chi connectivity index (χ4n) is 0.840. The van der Waals surface area contributed by atoms with Crippen molar-refractivity contribution in [3.05, 3.63) is 34.0 Å². The van der Waals surface area contributed by atoms with Crippen LogP contribution < -0.4 is 5.73 Å². The molecule has 0 heterocycles. The van der Waals surface area contributed by atoms with Gasteiger partial charge in [-0.15, -0.1) is 0 Å². The number of allylic oxidation sites excluding steroid dienone is 2. The largest absolute Gasteiger partial charge is 0.309 e. The normalized spacial score (nSPS) is 29.8. The van der Waals surface area contributed by atoms with Crippen LogP contribution >= 0.6 is 11.6 Å². The quantitative estimate of drug-likeness (QED) is 0.279. The fourth-order valence-corrected chi connectivity index (χ4v) is 1.05. The summed E-state index contributed by atoms with van der Waals surface area (Å²) in [4.78, 5) is 8.67. The van der Waals surface area contributed by atoms with Crippen LogP contribution in [0.5, 0.6) is 0 Å². The Morgan fingerprint density at radius 1 is 1.82 bits per heavy atom. The Labute approximate surface area is 68.5 Å². The van der Waals surface area contributed by atoms with Crippen LogP contribution in [0.25, 0.3) is 0 Å². The maximum atomic E-state index is 10.2. The second-order valence-electron chi connectivity index (χ2n) is 2.38. The van der Waals surface area contributed by atoms with Crippen molar-refractivity contribution < 1.29 is 4.92 Å². The Bertz CT molecular complexity index is 245. The molecule has 0 aliphatic heterocycles. The van der Waals surface area contributed by atoms with E-state index in [1.165, 1.54) is 18.2 Å². The number of hydrogen-bond donors (Lipinski definition) is 1. The van der Waals surface area contributed by atoms with E-state index in [9.17, 15) is 10.1 Å². The lowest BCUT2D eigenvalue weighted by molar-refractivity contribution is -0.428. The third-order valence-corrected chi connectivity index (χ3v) is 1.61. The highest BCUT2D eigenvalue weighted by atomic mass is 35.5. The Kier molecular flexibility index (Phi) is 1.97. The van der Waals surface area contributed by atoms with Crippen LogP contribution in [0.1, 0.15) is 6.42 Å². The summed E-state index contributed by atoms with van der Waals surface area (Å²) in [5.41, 5.74) is 5.49. The van der Waals surface area contributed by atoms with Crippen molar-refractivity contribution in [2.45, 2.75) is 11.4 Å². The van der Waals surface area contributed by atoms with Crippen LogP contribution in [0.2, 0.25) is 0 Å². The number of nitro groups is 1. The van der Waals surface area contributed by atoms with Gasteiger partial charge >= 0.3 is 0 Å². The first-order valence-corrected chi connectivity index (χ1v) is 3.40. The number of nitrogens with zero attached hydrogens (tertiary/aromatic N) is 1. The zero-order chi connectivity index (χ0) is 8.48. The molecule has 0 bridgehead atoms. The molecule has 0 aromatic carbocycles. The Hall–Kier alpha value is -0.870. The van der Waals surface area contributed by atoms with E-state index in [1.54, 1.807) is 0 Å². The van der Waals surface area contributed by atoms with Gasteiger partial charge in [-0.3, -0.25) is 10.1 Å². The minimum atomic E-state index is -1.09. The molecule has 0 amide bonds. The van der Waals surface area contributed by atoms with Gasteiger partial charge in [-0.25, -0.2) is 0 Å². The van der Waals surface area contributed by atoms with Gasteiger partial charge in [0.25, 0.3) is 0 Å². The zero-order valence-corrected chi connectivity index (χ0v) is 6.41. The number of halogens is 1. The second kappa shape index (κ2) is 2.64. The molecule has 60 valence electrons. The van der Waals surface area contributed by atoms with Crippen molar-refractivity contribution in [3.63, 3.8) is 0 Å². The van der Waals surface area contributed by atoms with Crippen molar-refractivity contribution >= 4 is 11.6 Å². The minimum absolute atomic E-state index is 0.0463. The van der Waals surface area contributed by atoms with Crippen LogP contribution in [-0.4, -0.2) is 9.92 Å². The van der Waals surface area contributed by atoms with Gasteiger partial charge in [0.15, 0.2) is 0 Å². The van der Waals surface area contributed by atoms with Crippen LogP contribution in [0.15, 0.2) is 23.9 Å². The SMILES string of the molecule is NC1(Cl)C=CC=C([N+](=O)[O-])C1. The highest BCUT2D eigenvalue weighted by Gasteiger charge is 2.27. The van der Waals surface area contributed by atoms with E-state index in [1.807, 2.05) is 0 Å². The van der Waals surface area contributed by atoms with E-state index < -0.39 is 9.92 Å². The maximum Gasteiger partial charge on any atom is 0.249 e. The Morgan fingerprint density at radius 2 is 2.45 bits per heavy atom. The first-order valence-electron chi connectivity index (χ1n) is 3.02. The van der Waals surface area contributed by atoms with Gasteiger partial charge in [0.05, 0.1) is 11.3 Å². The van der Waals surface area contributed by atoms with E-state index in [0.717, 1.165) is 0 Å². The Morgan fingerprint density at radius 3 is 2.82 bits per heavy atom. The number of rotatable bonds is 1. The third-order valence-electron chi connectivity index (χ3n) is 1.35. The lowest BCUT2D eigenvalue weighted by Crippen LogP contribution is -2.33. The Balaban J connectivity index is 2.81. The van der Waals surface area contributed by atoms with E-state index in [0.29, 0.717) is 0 Å². The van der Waals surface area contributed by atoms with Gasteiger partial charge in [-0.2, -0.15) is 0 Å². The average molecular weight is 175 g/mol. The molecule has 0 saturated heterocycles. The number of hydrogen-bond acceptors (Lipinski definition) is 3. The molecule has 5 heteroatoms. The number of alkyl halides is 1. The topological polar surface area (TPSA) is 69.2 Å². The summed E-state index contributed by atoms with van der Waals surface area (Å²) in [5, 5.41) is 10.2. The van der Waals surface area contributed by atoms with Gasteiger partial charge < -0.3 is 5.73 Å². The predicted octanol–water partition coefficient (Wildman–Crippen LogP) is 1.00. The van der Waals surface area contributed by atoms with Crippen LogP contribution in [0, 0.1) is 10.1 Å². The summed E-state index contributed by atoms with van der Waals surface area (Å²) in [7, 11) is 0. The van der Waals surface area contributed by atoms with Crippen molar-refractivity contribution in [1.82, 2.24) is 0 Å². The first-order chi connectivity index (χ1) is 5.01. The van der Waals surface area contributed by atoms with Crippen molar-refractivity contribution in [1.29, 1.82) is 0 Å². The molecular weight excluding hydrogens is 168 g/mol. The monoisotopic (exact) mass is 174 g/mol. The first kappa shape index (κ1) is 8.23. The molecule has 1 aliphatic carbocycles. The summed E-state index contributed by atoms with van der Waals surface area (Å²) in [5.74, 6) is 0. The summed E-state index contributed by atoms with van der Waals surface area (Å²) >= 11 is 5.66. The van der Waals surface area contributed by atoms with Gasteiger partial charge in [-0.05, 0) is 6.08 Å². The second-order valence-corrected chi connectivity index (χ2v) is 3.08. The van der Waals surface area contributed by atoms with E-state index in [2.05, 4.69) is 0 Å². The molecule has 1 aliphatic rings. The fraction of sp³-hybridized carbons (Fsp3) is 0.333. The molecule has 0 aromatic rings. The van der Waals surface area contributed by atoms with Crippen molar-refractivity contribution in [2.24, 2.45) is 5.73 Å². The third kappa shape index (κ3) is 2.03. The molecule has 0 radical (unpaired) electrons. The van der Waals surface area contributed by atoms with E-state index in [-0.39, 0.29) is 12.1 Å². The van der Waals surface area contributed by atoms with Gasteiger partial charge in [0, 0.05) is 6.08 Å². The van der Waals surface area contributed by atoms with Crippen LogP contribution in [0.4, 0.5) is 0 Å². The molecule has 1 unspecified atom stereocenters. The summed E-state index contributed by atoms with van der Waals surface area (Å²) in [6.07, 6.45) is 4.49. The average Bonchev–Trinajstić information content (AvgIpc) is 1.85. The molecule has 11 heavy (non-hydrogen) atoms. The maximum absolute atomic E-state index is 10.2. The number of nitrogens with two attached hydrogens (primary N) is 1. The molecular formula is C6H7ClN2O2. The molecule has 0 fully saturated rings. The predicted molar refractivity (Wildman–Crippen MR) is 41.6 cm³/mol. The molecule has 0 saturated carbocycles. The highest BCUT2D eigenvalue weighted by Crippen LogP contribution is 2.24. The van der Waals surface area contributed by atoms with Crippen LogP contribution in [-0.2, 0) is 0 Å². The summed E-state index contributed by atoms with van der Waals surface area (Å²) in [6.45, 7) is 0. The molecule has 0 aromatic heterocycles. The van der Waals surface area contributed by atoms with Crippen molar-refractivity contribution in [3.8, 4) is 0 Å². The summed E-state index contributed by atoms with van der Waals surface area (Å²) < 4.78 is 0. The van der Waals surface area contributed by atoms with Gasteiger partial charge in [0.2, 0.25) is 5.70 Å². The van der Waals surface area contributed by atoms with Gasteiger partial charge in [0.1, 0.15) is 5.00 Å². The van der Waals surface area contributed by atoms with Gasteiger partial charge in [-0.1, -0.05) is 17.7 Å². The standard InChI is InChI=1S/C6H7ClN2O2/c7-6(8)3-1-2-5(4-6)9(10)11/h1-3H,4,8H2. The summed E-state index contributed by atoms with van der Waals surface area (Å²) in [6, 6.07) is 0. The molecule has 1 atom stereocenters. The van der Waals surface area contributed by atoms with E-state index >= 15 is 0 Å². The zero-order valence-electron chi connectivity index (χ0n) is 5.66. The van der Waals surface area contributed by atoms with Crippen molar-refractivity contribution in [2.75, 3.05) is 0 Å². The molecule has 4 nitrogen and oxygen atoms in total. The van der Waals surface area contributed by atoms with E-state index in [4.69, 9.17) is 17.3 Å². The highest BCUT2D eigenvalue weighted by molar-refractivity contribution is 6.25. The molecule has 1 rings (SSSR count). The lowest BCUT2D eigenvalue weighted by atomic mass is 10.1. The smallest absolute Gasteiger partial charge is 0.249 e. The molecule has 2 N–H and O–H groups in total.